The third-order valence-corrected chi connectivity index (χ3v) is 4.33. The molecule has 1 aliphatic rings. The average Bonchev–Trinajstić information content (AvgIpc) is 2.70. The maximum atomic E-state index is 4.32. The predicted molar refractivity (Wildman–Crippen MR) is 75.3 cm³/mol. The van der Waals surface area contributed by atoms with Crippen LogP contribution in [0.3, 0.4) is 0 Å². The van der Waals surface area contributed by atoms with E-state index in [1.54, 1.807) is 0 Å². The number of aromatic nitrogens is 2. The third kappa shape index (κ3) is 3.14. The molecule has 1 N–H and O–H groups in total. The minimum Gasteiger partial charge on any atom is -0.333 e. The molecule has 0 spiro atoms. The summed E-state index contributed by atoms with van der Waals surface area (Å²) in [5.41, 5.74) is 1.89. The van der Waals surface area contributed by atoms with Gasteiger partial charge in [-0.1, -0.05) is 27.2 Å². The second-order valence-electron chi connectivity index (χ2n) is 6.24. The predicted octanol–water partition coefficient (Wildman–Crippen LogP) is 3.21. The smallest absolute Gasteiger partial charge is 0.0948 e. The molecule has 3 heteroatoms. The quantitative estimate of drug-likeness (QED) is 0.804. The van der Waals surface area contributed by atoms with E-state index in [1.165, 1.54) is 31.4 Å². The van der Waals surface area contributed by atoms with Crippen LogP contribution < -0.4 is 5.32 Å². The second-order valence-corrected chi connectivity index (χ2v) is 6.24. The minimum absolute atomic E-state index is 0.563. The van der Waals surface area contributed by atoms with E-state index in [1.807, 2.05) is 12.5 Å². The van der Waals surface area contributed by atoms with Crippen molar-refractivity contribution in [1.29, 1.82) is 0 Å². The summed E-state index contributed by atoms with van der Waals surface area (Å²) in [7, 11) is 0. The fraction of sp³-hybridized carbons (Fsp3) is 0.800. The number of nitrogens with zero attached hydrogens (tertiary/aromatic N) is 2. The number of hydrogen-bond donors (Lipinski definition) is 1. The molecule has 0 saturated heterocycles. The molecule has 0 aliphatic heterocycles. The molecule has 1 aromatic rings. The lowest BCUT2D eigenvalue weighted by Crippen LogP contribution is -2.34. The molecule has 0 bridgehead atoms. The monoisotopic (exact) mass is 249 g/mol. The number of hydrogen-bond acceptors (Lipinski definition) is 2. The second kappa shape index (κ2) is 5.87. The van der Waals surface area contributed by atoms with Crippen molar-refractivity contribution in [2.24, 2.45) is 11.3 Å². The van der Waals surface area contributed by atoms with E-state index in [9.17, 15) is 0 Å². The van der Waals surface area contributed by atoms with Gasteiger partial charge >= 0.3 is 0 Å². The zero-order valence-corrected chi connectivity index (χ0v) is 12.1. The molecule has 1 aromatic heterocycles. The summed E-state index contributed by atoms with van der Waals surface area (Å²) in [6, 6.07) is 0. The van der Waals surface area contributed by atoms with Crippen molar-refractivity contribution in [3.63, 3.8) is 0 Å². The molecular formula is C15H27N3. The topological polar surface area (TPSA) is 29.9 Å². The third-order valence-electron chi connectivity index (χ3n) is 4.33. The van der Waals surface area contributed by atoms with Crippen molar-refractivity contribution < 1.29 is 0 Å². The summed E-state index contributed by atoms with van der Waals surface area (Å²) >= 11 is 0. The van der Waals surface area contributed by atoms with Crippen molar-refractivity contribution in [3.05, 3.63) is 18.2 Å². The molecule has 18 heavy (non-hydrogen) atoms. The van der Waals surface area contributed by atoms with E-state index in [0.717, 1.165) is 19.6 Å². The maximum absolute atomic E-state index is 4.32. The van der Waals surface area contributed by atoms with Crippen LogP contribution in [0.25, 0.3) is 0 Å². The summed E-state index contributed by atoms with van der Waals surface area (Å²) < 4.78 is 2.36. The van der Waals surface area contributed by atoms with Gasteiger partial charge in [0.2, 0.25) is 0 Å². The summed E-state index contributed by atoms with van der Waals surface area (Å²) in [5.74, 6) is 0.704. The Morgan fingerprint density at radius 3 is 2.78 bits per heavy atom. The van der Waals surface area contributed by atoms with Gasteiger partial charge in [0.1, 0.15) is 0 Å². The first kappa shape index (κ1) is 13.6. The van der Waals surface area contributed by atoms with Crippen molar-refractivity contribution in [2.45, 2.75) is 59.5 Å². The van der Waals surface area contributed by atoms with Crippen LogP contribution in [0.2, 0.25) is 0 Å². The van der Waals surface area contributed by atoms with E-state index < -0.39 is 0 Å². The van der Waals surface area contributed by atoms with Crippen molar-refractivity contribution >= 4 is 0 Å². The Labute approximate surface area is 111 Å². The van der Waals surface area contributed by atoms with Crippen molar-refractivity contribution in [1.82, 2.24) is 14.9 Å². The van der Waals surface area contributed by atoms with Gasteiger partial charge in [-0.2, -0.15) is 0 Å². The fourth-order valence-electron chi connectivity index (χ4n) is 2.79. The van der Waals surface area contributed by atoms with Crippen LogP contribution in [0.15, 0.2) is 12.5 Å². The molecule has 0 aromatic carbocycles. The normalized spacial score (nSPS) is 18.0. The minimum atomic E-state index is 0.563. The lowest BCUT2D eigenvalue weighted by molar-refractivity contribution is 0.0990. The molecule has 1 saturated carbocycles. The van der Waals surface area contributed by atoms with Gasteiger partial charge in [-0.15, -0.1) is 0 Å². The summed E-state index contributed by atoms with van der Waals surface area (Å²) in [4.78, 5) is 4.32. The molecule has 1 aliphatic carbocycles. The van der Waals surface area contributed by atoms with E-state index in [-0.39, 0.29) is 0 Å². The Morgan fingerprint density at radius 2 is 2.22 bits per heavy atom. The highest BCUT2D eigenvalue weighted by atomic mass is 15.1. The van der Waals surface area contributed by atoms with Gasteiger partial charge in [-0.3, -0.25) is 0 Å². The highest BCUT2D eigenvalue weighted by Crippen LogP contribution is 2.45. The van der Waals surface area contributed by atoms with Crippen LogP contribution in [0.5, 0.6) is 0 Å². The SMILES string of the molecule is CCC1(Cn2cncc2CNCC(C)C)CCC1. The molecular weight excluding hydrogens is 222 g/mol. The Bertz CT molecular complexity index is 358. The molecule has 0 atom stereocenters. The zero-order valence-electron chi connectivity index (χ0n) is 12.1. The van der Waals surface area contributed by atoms with Gasteiger partial charge in [0.05, 0.1) is 12.0 Å². The van der Waals surface area contributed by atoms with Crippen LogP contribution in [-0.2, 0) is 13.1 Å². The zero-order chi connectivity index (χ0) is 13.0. The van der Waals surface area contributed by atoms with Gasteiger partial charge in [0.25, 0.3) is 0 Å². The van der Waals surface area contributed by atoms with Crippen LogP contribution >= 0.6 is 0 Å². The molecule has 0 radical (unpaired) electrons. The Kier molecular flexibility index (Phi) is 4.44. The van der Waals surface area contributed by atoms with Gasteiger partial charge in [0.15, 0.2) is 0 Å². The number of rotatable bonds is 7. The van der Waals surface area contributed by atoms with Crippen LogP contribution in [-0.4, -0.2) is 16.1 Å². The van der Waals surface area contributed by atoms with E-state index in [0.29, 0.717) is 11.3 Å². The molecule has 2 rings (SSSR count). The van der Waals surface area contributed by atoms with E-state index in [4.69, 9.17) is 0 Å². The lowest BCUT2D eigenvalue weighted by atomic mass is 9.67. The van der Waals surface area contributed by atoms with E-state index in [2.05, 4.69) is 35.6 Å². The molecule has 0 unspecified atom stereocenters. The molecule has 0 amide bonds. The summed E-state index contributed by atoms with van der Waals surface area (Å²) in [5, 5.41) is 3.51. The van der Waals surface area contributed by atoms with Crippen LogP contribution in [0.1, 0.15) is 52.1 Å². The van der Waals surface area contributed by atoms with Crippen LogP contribution in [0, 0.1) is 11.3 Å². The van der Waals surface area contributed by atoms with Crippen molar-refractivity contribution in [3.8, 4) is 0 Å². The highest BCUT2D eigenvalue weighted by Gasteiger charge is 2.35. The number of imidazole rings is 1. The first-order valence-electron chi connectivity index (χ1n) is 7.35. The highest BCUT2D eigenvalue weighted by molar-refractivity contribution is 5.00. The first-order valence-corrected chi connectivity index (χ1v) is 7.35. The Morgan fingerprint density at radius 1 is 1.44 bits per heavy atom. The average molecular weight is 249 g/mol. The van der Waals surface area contributed by atoms with Gasteiger partial charge in [-0.25, -0.2) is 4.98 Å². The van der Waals surface area contributed by atoms with Gasteiger partial charge < -0.3 is 9.88 Å². The molecule has 3 nitrogen and oxygen atoms in total. The van der Waals surface area contributed by atoms with Gasteiger partial charge in [0, 0.05) is 19.3 Å². The van der Waals surface area contributed by atoms with Gasteiger partial charge in [-0.05, 0) is 37.1 Å². The standard InChI is InChI=1S/C15H27N3/c1-4-15(6-5-7-15)11-18-12-17-10-14(18)9-16-8-13(2)3/h10,12-13,16H,4-9,11H2,1-3H3. The van der Waals surface area contributed by atoms with Crippen molar-refractivity contribution in [2.75, 3.05) is 6.54 Å². The fourth-order valence-corrected chi connectivity index (χ4v) is 2.79. The largest absolute Gasteiger partial charge is 0.333 e. The molecule has 1 heterocycles. The summed E-state index contributed by atoms with van der Waals surface area (Å²) in [6.07, 6.45) is 9.49. The van der Waals surface area contributed by atoms with Crippen LogP contribution in [0.4, 0.5) is 0 Å². The maximum Gasteiger partial charge on any atom is 0.0948 e. The first-order chi connectivity index (χ1) is 8.65. The summed E-state index contributed by atoms with van der Waals surface area (Å²) in [6.45, 7) is 9.98. The Balaban J connectivity index is 1.91. The molecule has 1 fully saturated rings. The molecule has 102 valence electrons. The van der Waals surface area contributed by atoms with E-state index >= 15 is 0 Å². The number of nitrogens with one attached hydrogen (secondary N) is 1. The lowest BCUT2D eigenvalue weighted by Gasteiger charge is -2.41. The Hall–Kier alpha value is -0.830.